The Hall–Kier alpha value is -0.120. The predicted octanol–water partition coefficient (Wildman–Crippen LogP) is 2.99. The summed E-state index contributed by atoms with van der Waals surface area (Å²) in [7, 11) is 0. The maximum atomic E-state index is 5.88. The highest BCUT2D eigenvalue weighted by Crippen LogP contribution is 2.32. The van der Waals surface area contributed by atoms with Gasteiger partial charge in [-0.3, -0.25) is 0 Å². The summed E-state index contributed by atoms with van der Waals surface area (Å²) in [4.78, 5) is 0. The standard InChI is InChI=1S/C15H31NO2/c1-5-9-16-12-15(7-6-10-17-13-15)8-11-18-14(2,3)4/h16H,5-13H2,1-4H3. The molecule has 1 aliphatic rings. The minimum absolute atomic E-state index is 0.0342. The number of nitrogens with one attached hydrogen (secondary N) is 1. The van der Waals surface area contributed by atoms with Gasteiger partial charge in [0.1, 0.15) is 0 Å². The zero-order valence-electron chi connectivity index (χ0n) is 12.7. The lowest BCUT2D eigenvalue weighted by molar-refractivity contribution is -0.0551. The van der Waals surface area contributed by atoms with Crippen LogP contribution < -0.4 is 5.32 Å². The SMILES string of the molecule is CCCNCC1(CCOC(C)(C)C)CCCOC1. The van der Waals surface area contributed by atoms with Gasteiger partial charge in [-0.1, -0.05) is 6.92 Å². The molecule has 0 aliphatic carbocycles. The molecule has 0 aromatic heterocycles. The van der Waals surface area contributed by atoms with Crippen molar-refractivity contribution in [2.45, 2.75) is 59.0 Å². The second kappa shape index (κ2) is 7.46. The lowest BCUT2D eigenvalue weighted by Gasteiger charge is -2.38. The normalized spacial score (nSPS) is 25.3. The van der Waals surface area contributed by atoms with Crippen molar-refractivity contribution in [3.05, 3.63) is 0 Å². The van der Waals surface area contributed by atoms with Crippen LogP contribution in [0.15, 0.2) is 0 Å². The van der Waals surface area contributed by atoms with E-state index in [0.717, 1.165) is 39.3 Å². The van der Waals surface area contributed by atoms with Gasteiger partial charge in [-0.2, -0.15) is 0 Å². The predicted molar refractivity (Wildman–Crippen MR) is 76.0 cm³/mol. The average Bonchev–Trinajstić information content (AvgIpc) is 2.29. The highest BCUT2D eigenvalue weighted by molar-refractivity contribution is 4.84. The van der Waals surface area contributed by atoms with Crippen molar-refractivity contribution in [3.8, 4) is 0 Å². The van der Waals surface area contributed by atoms with E-state index in [1.807, 2.05) is 0 Å². The molecule has 18 heavy (non-hydrogen) atoms. The van der Waals surface area contributed by atoms with Gasteiger partial charge >= 0.3 is 0 Å². The smallest absolute Gasteiger partial charge is 0.0598 e. The van der Waals surface area contributed by atoms with Crippen molar-refractivity contribution < 1.29 is 9.47 Å². The van der Waals surface area contributed by atoms with E-state index in [0.29, 0.717) is 5.41 Å². The first-order chi connectivity index (χ1) is 8.47. The van der Waals surface area contributed by atoms with E-state index in [2.05, 4.69) is 33.0 Å². The Bertz CT molecular complexity index is 217. The number of rotatable bonds is 7. The molecule has 1 unspecified atom stereocenters. The summed E-state index contributed by atoms with van der Waals surface area (Å²) in [5.41, 5.74) is 0.256. The molecule has 1 N–H and O–H groups in total. The second-order valence-corrected chi connectivity index (χ2v) is 6.54. The van der Waals surface area contributed by atoms with Crippen molar-refractivity contribution in [2.24, 2.45) is 5.41 Å². The number of hydrogen-bond acceptors (Lipinski definition) is 3. The Morgan fingerprint density at radius 1 is 1.33 bits per heavy atom. The number of ether oxygens (including phenoxy) is 2. The molecule has 3 nitrogen and oxygen atoms in total. The summed E-state index contributed by atoms with van der Waals surface area (Å²) in [6.07, 6.45) is 4.73. The molecule has 0 spiro atoms. The molecule has 1 rings (SSSR count). The fourth-order valence-electron chi connectivity index (χ4n) is 2.44. The average molecular weight is 257 g/mol. The topological polar surface area (TPSA) is 30.5 Å². The van der Waals surface area contributed by atoms with Gasteiger partial charge in [-0.05, 0) is 53.0 Å². The van der Waals surface area contributed by atoms with Crippen LogP contribution in [0.2, 0.25) is 0 Å². The molecule has 0 saturated carbocycles. The highest BCUT2D eigenvalue weighted by atomic mass is 16.5. The Labute approximate surface area is 113 Å². The molecule has 1 aliphatic heterocycles. The Kier molecular flexibility index (Phi) is 6.61. The summed E-state index contributed by atoms with van der Waals surface area (Å²) >= 11 is 0. The van der Waals surface area contributed by atoms with E-state index in [1.54, 1.807) is 0 Å². The van der Waals surface area contributed by atoms with Gasteiger partial charge in [0.15, 0.2) is 0 Å². The molecular formula is C15H31NO2. The Morgan fingerprint density at radius 2 is 2.11 bits per heavy atom. The summed E-state index contributed by atoms with van der Waals surface area (Å²) in [5, 5.41) is 3.56. The third-order valence-corrected chi connectivity index (χ3v) is 3.50. The maximum Gasteiger partial charge on any atom is 0.0598 e. The van der Waals surface area contributed by atoms with Crippen LogP contribution in [0.25, 0.3) is 0 Å². The minimum atomic E-state index is -0.0342. The third-order valence-electron chi connectivity index (χ3n) is 3.50. The van der Waals surface area contributed by atoms with Crippen molar-refractivity contribution >= 4 is 0 Å². The van der Waals surface area contributed by atoms with Crippen molar-refractivity contribution in [3.63, 3.8) is 0 Å². The highest BCUT2D eigenvalue weighted by Gasteiger charge is 2.32. The molecule has 108 valence electrons. The maximum absolute atomic E-state index is 5.88. The Balaban J connectivity index is 2.39. The van der Waals surface area contributed by atoms with Gasteiger partial charge in [0.2, 0.25) is 0 Å². The van der Waals surface area contributed by atoms with E-state index < -0.39 is 0 Å². The van der Waals surface area contributed by atoms with Crippen LogP contribution in [0.5, 0.6) is 0 Å². The summed E-state index contributed by atoms with van der Waals surface area (Å²) in [5.74, 6) is 0. The first-order valence-corrected chi connectivity index (χ1v) is 7.40. The molecule has 0 aromatic rings. The van der Waals surface area contributed by atoms with Gasteiger partial charge < -0.3 is 14.8 Å². The summed E-state index contributed by atoms with van der Waals surface area (Å²) in [6.45, 7) is 13.4. The van der Waals surface area contributed by atoms with Gasteiger partial charge in [0, 0.05) is 25.2 Å². The summed E-state index contributed by atoms with van der Waals surface area (Å²) < 4.78 is 11.6. The molecule has 0 bridgehead atoms. The van der Waals surface area contributed by atoms with Gasteiger partial charge in [-0.25, -0.2) is 0 Å². The molecule has 1 heterocycles. The van der Waals surface area contributed by atoms with Crippen LogP contribution in [0, 0.1) is 5.41 Å². The minimum Gasteiger partial charge on any atom is -0.381 e. The van der Waals surface area contributed by atoms with Gasteiger partial charge in [-0.15, -0.1) is 0 Å². The molecule has 0 radical (unpaired) electrons. The lowest BCUT2D eigenvalue weighted by Crippen LogP contribution is -2.42. The molecule has 0 aromatic carbocycles. The van der Waals surface area contributed by atoms with Crippen LogP contribution in [0.3, 0.4) is 0 Å². The van der Waals surface area contributed by atoms with Crippen LogP contribution in [0.4, 0.5) is 0 Å². The van der Waals surface area contributed by atoms with Crippen LogP contribution >= 0.6 is 0 Å². The zero-order valence-corrected chi connectivity index (χ0v) is 12.7. The van der Waals surface area contributed by atoms with Crippen molar-refractivity contribution in [2.75, 3.05) is 32.9 Å². The van der Waals surface area contributed by atoms with Crippen molar-refractivity contribution in [1.29, 1.82) is 0 Å². The van der Waals surface area contributed by atoms with E-state index in [4.69, 9.17) is 9.47 Å². The quantitative estimate of drug-likeness (QED) is 0.711. The lowest BCUT2D eigenvalue weighted by atomic mass is 9.79. The molecule has 1 atom stereocenters. The fourth-order valence-corrected chi connectivity index (χ4v) is 2.44. The molecule has 1 fully saturated rings. The van der Waals surface area contributed by atoms with E-state index in [1.165, 1.54) is 19.3 Å². The van der Waals surface area contributed by atoms with Crippen molar-refractivity contribution in [1.82, 2.24) is 5.32 Å². The number of hydrogen-bond donors (Lipinski definition) is 1. The monoisotopic (exact) mass is 257 g/mol. The van der Waals surface area contributed by atoms with Gasteiger partial charge in [0.25, 0.3) is 0 Å². The molecular weight excluding hydrogens is 226 g/mol. The molecule has 1 saturated heterocycles. The van der Waals surface area contributed by atoms with E-state index >= 15 is 0 Å². The van der Waals surface area contributed by atoms with Crippen LogP contribution in [0.1, 0.15) is 53.4 Å². The van der Waals surface area contributed by atoms with Crippen LogP contribution in [-0.4, -0.2) is 38.5 Å². The largest absolute Gasteiger partial charge is 0.381 e. The Morgan fingerprint density at radius 3 is 2.67 bits per heavy atom. The van der Waals surface area contributed by atoms with Crippen LogP contribution in [-0.2, 0) is 9.47 Å². The second-order valence-electron chi connectivity index (χ2n) is 6.54. The fraction of sp³-hybridized carbons (Fsp3) is 1.00. The first kappa shape index (κ1) is 15.9. The molecule has 3 heteroatoms. The van der Waals surface area contributed by atoms with E-state index in [-0.39, 0.29) is 5.60 Å². The van der Waals surface area contributed by atoms with Gasteiger partial charge in [0.05, 0.1) is 12.2 Å². The summed E-state index contributed by atoms with van der Waals surface area (Å²) in [6, 6.07) is 0. The molecule has 0 amide bonds. The zero-order chi connectivity index (χ0) is 13.5. The third kappa shape index (κ3) is 6.17. The first-order valence-electron chi connectivity index (χ1n) is 7.40. The van der Waals surface area contributed by atoms with E-state index in [9.17, 15) is 0 Å².